The fraction of sp³-hybridized carbons (Fsp3) is 0.267. The number of halogens is 2. The van der Waals surface area contributed by atoms with E-state index in [1.54, 1.807) is 17.4 Å². The van der Waals surface area contributed by atoms with Gasteiger partial charge in [-0.3, -0.25) is 4.79 Å². The minimum Gasteiger partial charge on any atom is -0.469 e. The summed E-state index contributed by atoms with van der Waals surface area (Å²) in [7, 11) is 1.40. The molecule has 1 N–H and O–H groups in total. The van der Waals surface area contributed by atoms with Gasteiger partial charge in [-0.25, -0.2) is 0 Å². The van der Waals surface area contributed by atoms with E-state index in [1.165, 1.54) is 7.11 Å². The normalized spacial score (nSPS) is 12.1. The first kappa shape index (κ1) is 16.3. The highest BCUT2D eigenvalue weighted by atomic mass is 35.5. The van der Waals surface area contributed by atoms with Gasteiger partial charge < -0.3 is 10.1 Å². The van der Waals surface area contributed by atoms with Crippen LogP contribution < -0.4 is 5.32 Å². The number of thiophene rings is 1. The van der Waals surface area contributed by atoms with Crippen LogP contribution in [0.25, 0.3) is 0 Å². The predicted octanol–water partition coefficient (Wildman–Crippen LogP) is 4.45. The van der Waals surface area contributed by atoms with E-state index < -0.39 is 0 Å². The molecule has 1 unspecified atom stereocenters. The number of carbonyl (C=O) groups excluding carboxylic acids is 1. The van der Waals surface area contributed by atoms with Crippen molar-refractivity contribution in [3.05, 3.63) is 56.2 Å². The lowest BCUT2D eigenvalue weighted by molar-refractivity contribution is -0.141. The van der Waals surface area contributed by atoms with E-state index in [0.717, 1.165) is 10.4 Å². The molecule has 2 aromatic rings. The lowest BCUT2D eigenvalue weighted by Crippen LogP contribution is -2.23. The highest BCUT2D eigenvalue weighted by Gasteiger charge is 2.17. The van der Waals surface area contributed by atoms with Gasteiger partial charge in [0, 0.05) is 11.4 Å². The Morgan fingerprint density at radius 1 is 1.33 bits per heavy atom. The maximum absolute atomic E-state index is 11.5. The van der Waals surface area contributed by atoms with Gasteiger partial charge in [-0.05, 0) is 29.1 Å². The number of hydrogen-bond acceptors (Lipinski definition) is 4. The van der Waals surface area contributed by atoms with Crippen LogP contribution in [-0.4, -0.2) is 13.1 Å². The average Bonchev–Trinajstić information content (AvgIpc) is 3.00. The van der Waals surface area contributed by atoms with E-state index in [2.05, 4.69) is 5.32 Å². The van der Waals surface area contributed by atoms with Crippen LogP contribution >= 0.6 is 34.5 Å². The molecule has 0 aliphatic carbocycles. The summed E-state index contributed by atoms with van der Waals surface area (Å²) in [5, 5.41) is 6.40. The molecule has 0 spiro atoms. The molecule has 0 saturated carbocycles. The summed E-state index contributed by atoms with van der Waals surface area (Å²) in [5.41, 5.74) is 1.01. The molecule has 0 saturated heterocycles. The highest BCUT2D eigenvalue weighted by molar-refractivity contribution is 7.10. The maximum atomic E-state index is 11.5. The Kier molecular flexibility index (Phi) is 6.06. The zero-order chi connectivity index (χ0) is 15.2. The van der Waals surface area contributed by atoms with E-state index in [-0.39, 0.29) is 12.0 Å². The fourth-order valence-electron chi connectivity index (χ4n) is 1.90. The molecule has 21 heavy (non-hydrogen) atoms. The second kappa shape index (κ2) is 7.80. The number of carbonyl (C=O) groups is 1. The van der Waals surface area contributed by atoms with Crippen molar-refractivity contribution in [2.24, 2.45) is 0 Å². The SMILES string of the molecule is COC(=O)CC(NCc1ccc(Cl)c(Cl)c1)c1cccs1. The van der Waals surface area contributed by atoms with Gasteiger partial charge in [0.2, 0.25) is 0 Å². The topological polar surface area (TPSA) is 38.3 Å². The minimum absolute atomic E-state index is 0.0769. The Hall–Kier alpha value is -1.07. The zero-order valence-electron chi connectivity index (χ0n) is 11.4. The Bertz CT molecular complexity index is 602. The zero-order valence-corrected chi connectivity index (χ0v) is 13.8. The molecular weight excluding hydrogens is 329 g/mol. The number of benzene rings is 1. The van der Waals surface area contributed by atoms with Gasteiger partial charge in [0.1, 0.15) is 0 Å². The van der Waals surface area contributed by atoms with Crippen molar-refractivity contribution >= 4 is 40.5 Å². The first-order valence-electron chi connectivity index (χ1n) is 6.37. The fourth-order valence-corrected chi connectivity index (χ4v) is 3.03. The van der Waals surface area contributed by atoms with E-state index >= 15 is 0 Å². The van der Waals surface area contributed by atoms with Crippen molar-refractivity contribution in [1.29, 1.82) is 0 Å². The van der Waals surface area contributed by atoms with Crippen molar-refractivity contribution in [1.82, 2.24) is 5.32 Å². The van der Waals surface area contributed by atoms with Crippen LogP contribution in [0.15, 0.2) is 35.7 Å². The number of hydrogen-bond donors (Lipinski definition) is 1. The lowest BCUT2D eigenvalue weighted by atomic mass is 10.1. The molecule has 0 amide bonds. The third-order valence-electron chi connectivity index (χ3n) is 3.02. The maximum Gasteiger partial charge on any atom is 0.307 e. The number of ether oxygens (including phenoxy) is 1. The summed E-state index contributed by atoms with van der Waals surface area (Å²) in [5.74, 6) is -0.241. The van der Waals surface area contributed by atoms with Crippen LogP contribution in [-0.2, 0) is 16.1 Å². The van der Waals surface area contributed by atoms with Gasteiger partial charge in [0.25, 0.3) is 0 Å². The smallest absolute Gasteiger partial charge is 0.307 e. The first-order chi connectivity index (χ1) is 10.1. The molecule has 3 nitrogen and oxygen atoms in total. The molecule has 6 heteroatoms. The summed E-state index contributed by atoms with van der Waals surface area (Å²) < 4.78 is 4.75. The van der Waals surface area contributed by atoms with E-state index in [1.807, 2.05) is 29.6 Å². The van der Waals surface area contributed by atoms with Gasteiger partial charge in [0.15, 0.2) is 0 Å². The summed E-state index contributed by atoms with van der Waals surface area (Å²) in [6.07, 6.45) is 0.290. The Morgan fingerprint density at radius 2 is 2.14 bits per heavy atom. The number of rotatable bonds is 6. The quantitative estimate of drug-likeness (QED) is 0.787. The largest absolute Gasteiger partial charge is 0.469 e. The number of methoxy groups -OCH3 is 1. The molecule has 0 bridgehead atoms. The van der Waals surface area contributed by atoms with E-state index in [9.17, 15) is 4.79 Å². The van der Waals surface area contributed by atoms with Crippen molar-refractivity contribution in [2.75, 3.05) is 7.11 Å². The summed E-state index contributed by atoms with van der Waals surface area (Å²) in [4.78, 5) is 12.6. The summed E-state index contributed by atoms with van der Waals surface area (Å²) >= 11 is 13.5. The average molecular weight is 344 g/mol. The standard InChI is InChI=1S/C15H15Cl2NO2S/c1-20-15(19)8-13(14-3-2-6-21-14)18-9-10-4-5-11(16)12(17)7-10/h2-7,13,18H,8-9H2,1H3. The van der Waals surface area contributed by atoms with E-state index in [4.69, 9.17) is 27.9 Å². The van der Waals surface area contributed by atoms with Crippen LogP contribution in [0.5, 0.6) is 0 Å². The van der Waals surface area contributed by atoms with Crippen LogP contribution in [0.3, 0.4) is 0 Å². The van der Waals surface area contributed by atoms with Crippen molar-refractivity contribution < 1.29 is 9.53 Å². The van der Waals surface area contributed by atoms with Crippen molar-refractivity contribution in [2.45, 2.75) is 19.0 Å². The third kappa shape index (κ3) is 4.71. The molecule has 1 aromatic carbocycles. The van der Waals surface area contributed by atoms with Gasteiger partial charge in [-0.1, -0.05) is 35.3 Å². The molecule has 0 fully saturated rings. The number of esters is 1. The van der Waals surface area contributed by atoms with Gasteiger partial charge in [-0.2, -0.15) is 0 Å². The van der Waals surface area contributed by atoms with Crippen LogP contribution in [0.2, 0.25) is 10.0 Å². The lowest BCUT2D eigenvalue weighted by Gasteiger charge is -2.16. The Morgan fingerprint density at radius 3 is 2.76 bits per heavy atom. The monoisotopic (exact) mass is 343 g/mol. The summed E-state index contributed by atoms with van der Waals surface area (Å²) in [6, 6.07) is 9.38. The molecule has 1 heterocycles. The van der Waals surface area contributed by atoms with Crippen LogP contribution in [0.1, 0.15) is 22.9 Å². The molecule has 2 rings (SSSR count). The molecule has 0 aliphatic rings. The molecule has 112 valence electrons. The Balaban J connectivity index is 2.04. The van der Waals surface area contributed by atoms with Crippen molar-refractivity contribution in [3.63, 3.8) is 0 Å². The van der Waals surface area contributed by atoms with E-state index in [0.29, 0.717) is 23.0 Å². The minimum atomic E-state index is -0.241. The highest BCUT2D eigenvalue weighted by Crippen LogP contribution is 2.25. The van der Waals surface area contributed by atoms with Gasteiger partial charge in [-0.15, -0.1) is 11.3 Å². The molecule has 1 aromatic heterocycles. The predicted molar refractivity (Wildman–Crippen MR) is 87.0 cm³/mol. The van der Waals surface area contributed by atoms with Crippen LogP contribution in [0, 0.1) is 0 Å². The second-order valence-corrected chi connectivity index (χ2v) is 6.27. The molecule has 0 radical (unpaired) electrons. The molecule has 0 aliphatic heterocycles. The first-order valence-corrected chi connectivity index (χ1v) is 8.01. The third-order valence-corrected chi connectivity index (χ3v) is 4.75. The summed E-state index contributed by atoms with van der Waals surface area (Å²) in [6.45, 7) is 0.594. The van der Waals surface area contributed by atoms with Gasteiger partial charge >= 0.3 is 5.97 Å². The van der Waals surface area contributed by atoms with Crippen molar-refractivity contribution in [3.8, 4) is 0 Å². The molecule has 1 atom stereocenters. The molecular formula is C15H15Cl2NO2S. The van der Waals surface area contributed by atoms with Crippen LogP contribution in [0.4, 0.5) is 0 Å². The second-order valence-electron chi connectivity index (χ2n) is 4.48. The number of nitrogens with one attached hydrogen (secondary N) is 1. The Labute approximate surface area is 137 Å². The van der Waals surface area contributed by atoms with Gasteiger partial charge in [0.05, 0.1) is 29.6 Å².